The Balaban J connectivity index is 2.19. The van der Waals surface area contributed by atoms with Gasteiger partial charge in [-0.1, -0.05) is 11.6 Å². The van der Waals surface area contributed by atoms with Gasteiger partial charge in [-0.15, -0.1) is 0 Å². The fourth-order valence-corrected chi connectivity index (χ4v) is 2.74. The van der Waals surface area contributed by atoms with Crippen LogP contribution in [0.5, 0.6) is 5.75 Å². The van der Waals surface area contributed by atoms with Crippen LogP contribution in [0.4, 0.5) is 5.69 Å². The predicted octanol–water partition coefficient (Wildman–Crippen LogP) is 4.39. The monoisotopic (exact) mass is 374 g/mol. The molecule has 0 spiro atoms. The van der Waals surface area contributed by atoms with Gasteiger partial charge in [-0.25, -0.2) is 0 Å². The van der Waals surface area contributed by atoms with E-state index in [0.29, 0.717) is 40.7 Å². The minimum atomic E-state index is -0.285. The number of rotatable bonds is 6. The number of halogens is 1. The van der Waals surface area contributed by atoms with Gasteiger partial charge in [0.2, 0.25) is 0 Å². The molecular weight excluding hydrogens is 352 g/mol. The zero-order valence-corrected chi connectivity index (χ0v) is 16.2. The molecule has 0 saturated heterocycles. The summed E-state index contributed by atoms with van der Waals surface area (Å²) < 4.78 is 5.27. The zero-order chi connectivity index (χ0) is 19.3. The summed E-state index contributed by atoms with van der Waals surface area (Å²) in [6, 6.07) is 10.0. The van der Waals surface area contributed by atoms with Crippen molar-refractivity contribution in [2.75, 3.05) is 25.5 Å². The Bertz CT molecular complexity index is 799. The molecule has 2 amide bonds. The van der Waals surface area contributed by atoms with E-state index in [1.165, 1.54) is 7.11 Å². The maximum atomic E-state index is 12.5. The number of nitrogens with one attached hydrogen (secondary N) is 1. The van der Waals surface area contributed by atoms with Crippen molar-refractivity contribution in [1.82, 2.24) is 4.90 Å². The Labute approximate surface area is 158 Å². The summed E-state index contributed by atoms with van der Waals surface area (Å²) in [6.45, 7) is 7.01. The lowest BCUT2D eigenvalue weighted by Gasteiger charge is -2.18. The molecule has 0 aliphatic heterocycles. The molecule has 0 aliphatic rings. The van der Waals surface area contributed by atoms with E-state index in [1.807, 2.05) is 20.8 Å². The van der Waals surface area contributed by atoms with E-state index in [-0.39, 0.29) is 11.8 Å². The van der Waals surface area contributed by atoms with Crippen molar-refractivity contribution >= 4 is 29.1 Å². The second-order valence-corrected chi connectivity index (χ2v) is 6.22. The summed E-state index contributed by atoms with van der Waals surface area (Å²) in [6.07, 6.45) is 0. The third-order valence-electron chi connectivity index (χ3n) is 4.17. The van der Waals surface area contributed by atoms with Crippen LogP contribution in [-0.4, -0.2) is 36.9 Å². The first-order valence-corrected chi connectivity index (χ1v) is 8.83. The molecule has 26 heavy (non-hydrogen) atoms. The Morgan fingerprint density at radius 3 is 2.19 bits per heavy atom. The Hall–Kier alpha value is -2.53. The topological polar surface area (TPSA) is 58.6 Å². The average molecular weight is 375 g/mol. The number of nitrogens with zero attached hydrogens (tertiary/aromatic N) is 1. The molecule has 0 heterocycles. The first kappa shape index (κ1) is 19.8. The smallest absolute Gasteiger partial charge is 0.255 e. The molecular formula is C20H23ClN2O3. The molecule has 1 N–H and O–H groups in total. The summed E-state index contributed by atoms with van der Waals surface area (Å²) in [5.74, 6) is 0.158. The summed E-state index contributed by atoms with van der Waals surface area (Å²) in [7, 11) is 1.52. The molecule has 5 nitrogen and oxygen atoms in total. The van der Waals surface area contributed by atoms with Gasteiger partial charge < -0.3 is 15.0 Å². The van der Waals surface area contributed by atoms with Crippen LogP contribution in [-0.2, 0) is 0 Å². The lowest BCUT2D eigenvalue weighted by atomic mass is 10.1. The van der Waals surface area contributed by atoms with Crippen LogP contribution in [0.2, 0.25) is 5.02 Å². The highest BCUT2D eigenvalue weighted by Crippen LogP contribution is 2.31. The Kier molecular flexibility index (Phi) is 6.64. The molecule has 0 bridgehead atoms. The molecule has 0 radical (unpaired) electrons. The molecule has 0 unspecified atom stereocenters. The van der Waals surface area contributed by atoms with Crippen molar-refractivity contribution < 1.29 is 14.3 Å². The molecule has 0 aliphatic carbocycles. The normalized spacial score (nSPS) is 10.3. The first-order valence-electron chi connectivity index (χ1n) is 8.46. The quantitative estimate of drug-likeness (QED) is 0.815. The van der Waals surface area contributed by atoms with Crippen LogP contribution in [0, 0.1) is 6.92 Å². The lowest BCUT2D eigenvalue weighted by Crippen LogP contribution is -2.30. The maximum Gasteiger partial charge on any atom is 0.255 e. The molecule has 0 aromatic heterocycles. The fraction of sp³-hybridized carbons (Fsp3) is 0.300. The molecule has 6 heteroatoms. The average Bonchev–Trinajstić information content (AvgIpc) is 2.65. The van der Waals surface area contributed by atoms with Crippen LogP contribution in [0.25, 0.3) is 0 Å². The molecule has 0 saturated carbocycles. The molecule has 138 valence electrons. The second kappa shape index (κ2) is 8.72. The highest BCUT2D eigenvalue weighted by Gasteiger charge is 2.15. The number of benzene rings is 2. The van der Waals surface area contributed by atoms with Gasteiger partial charge in [0.1, 0.15) is 5.75 Å². The van der Waals surface area contributed by atoms with E-state index >= 15 is 0 Å². The van der Waals surface area contributed by atoms with Crippen LogP contribution in [0.3, 0.4) is 0 Å². The molecule has 0 atom stereocenters. The maximum absolute atomic E-state index is 12.5. The summed E-state index contributed by atoms with van der Waals surface area (Å²) in [5.41, 5.74) is 2.39. The lowest BCUT2D eigenvalue weighted by molar-refractivity contribution is 0.0772. The zero-order valence-electron chi connectivity index (χ0n) is 15.4. The van der Waals surface area contributed by atoms with Gasteiger partial charge in [0.15, 0.2) is 0 Å². The third-order valence-corrected chi connectivity index (χ3v) is 4.58. The summed E-state index contributed by atoms with van der Waals surface area (Å²) in [4.78, 5) is 26.6. The van der Waals surface area contributed by atoms with E-state index < -0.39 is 0 Å². The predicted molar refractivity (Wildman–Crippen MR) is 104 cm³/mol. The second-order valence-electron chi connectivity index (χ2n) is 5.81. The third kappa shape index (κ3) is 4.35. The van der Waals surface area contributed by atoms with Gasteiger partial charge in [0.25, 0.3) is 11.8 Å². The van der Waals surface area contributed by atoms with E-state index in [4.69, 9.17) is 16.3 Å². The first-order chi connectivity index (χ1) is 12.4. The van der Waals surface area contributed by atoms with Crippen molar-refractivity contribution in [3.8, 4) is 5.75 Å². The number of amides is 2. The van der Waals surface area contributed by atoms with Gasteiger partial charge in [-0.2, -0.15) is 0 Å². The number of hydrogen-bond acceptors (Lipinski definition) is 3. The van der Waals surface area contributed by atoms with Crippen molar-refractivity contribution in [2.45, 2.75) is 20.8 Å². The van der Waals surface area contributed by atoms with E-state index in [9.17, 15) is 9.59 Å². The number of carbonyl (C=O) groups is 2. The van der Waals surface area contributed by atoms with Crippen LogP contribution >= 0.6 is 11.6 Å². The fourth-order valence-electron chi connectivity index (χ4n) is 2.58. The van der Waals surface area contributed by atoms with Crippen LogP contribution in [0.1, 0.15) is 40.1 Å². The van der Waals surface area contributed by atoms with Crippen molar-refractivity contribution in [3.05, 3.63) is 58.1 Å². The largest absolute Gasteiger partial charge is 0.495 e. The molecule has 2 rings (SSSR count). The summed E-state index contributed by atoms with van der Waals surface area (Å²) >= 11 is 6.09. The molecule has 2 aromatic rings. The molecule has 0 fully saturated rings. The standard InChI is InChI=1S/C20H23ClN2O3/c1-5-23(6-2)20(25)15-9-7-14(8-10-15)19(24)22-17-11-13(3)16(21)12-18(17)26-4/h7-12H,5-6H2,1-4H3,(H,22,24). The molecule has 2 aromatic carbocycles. The highest BCUT2D eigenvalue weighted by molar-refractivity contribution is 6.31. The Morgan fingerprint density at radius 2 is 1.65 bits per heavy atom. The van der Waals surface area contributed by atoms with Gasteiger partial charge in [0, 0.05) is 35.3 Å². The van der Waals surface area contributed by atoms with Crippen LogP contribution in [0.15, 0.2) is 36.4 Å². The van der Waals surface area contributed by atoms with Crippen LogP contribution < -0.4 is 10.1 Å². The summed E-state index contributed by atoms with van der Waals surface area (Å²) in [5, 5.41) is 3.39. The number of aryl methyl sites for hydroxylation is 1. The SMILES string of the molecule is CCN(CC)C(=O)c1ccc(C(=O)Nc2cc(C)c(Cl)cc2OC)cc1. The van der Waals surface area contributed by atoms with E-state index in [2.05, 4.69) is 5.32 Å². The van der Waals surface area contributed by atoms with Gasteiger partial charge in [-0.05, 0) is 56.7 Å². The number of anilines is 1. The van der Waals surface area contributed by atoms with Gasteiger partial charge in [0.05, 0.1) is 12.8 Å². The number of carbonyl (C=O) groups excluding carboxylic acids is 2. The number of hydrogen-bond donors (Lipinski definition) is 1. The van der Waals surface area contributed by atoms with Gasteiger partial charge in [-0.3, -0.25) is 9.59 Å². The Morgan fingerprint density at radius 1 is 1.08 bits per heavy atom. The van der Waals surface area contributed by atoms with Crippen molar-refractivity contribution in [3.63, 3.8) is 0 Å². The van der Waals surface area contributed by atoms with Gasteiger partial charge >= 0.3 is 0 Å². The highest BCUT2D eigenvalue weighted by atomic mass is 35.5. The van der Waals surface area contributed by atoms with E-state index in [0.717, 1.165) is 5.56 Å². The van der Waals surface area contributed by atoms with Crippen molar-refractivity contribution in [2.24, 2.45) is 0 Å². The van der Waals surface area contributed by atoms with Crippen molar-refractivity contribution in [1.29, 1.82) is 0 Å². The minimum absolute atomic E-state index is 0.0445. The number of ether oxygens (including phenoxy) is 1. The number of methoxy groups -OCH3 is 1. The minimum Gasteiger partial charge on any atom is -0.495 e. The van der Waals surface area contributed by atoms with E-state index in [1.54, 1.807) is 41.3 Å².